The number of para-hydroxylation sites is 1. The molecule has 0 unspecified atom stereocenters. The summed E-state index contributed by atoms with van der Waals surface area (Å²) in [4.78, 5) is 24.7. The Balaban J connectivity index is 1.47. The van der Waals surface area contributed by atoms with E-state index in [1.165, 1.54) is 5.56 Å². The number of nitrogens with one attached hydrogen (secondary N) is 2. The minimum atomic E-state index is -0.278. The monoisotopic (exact) mass is 392 g/mol. The van der Waals surface area contributed by atoms with E-state index in [-0.39, 0.29) is 18.4 Å². The third-order valence-corrected chi connectivity index (χ3v) is 4.29. The van der Waals surface area contributed by atoms with Gasteiger partial charge < -0.3 is 19.8 Å². The molecule has 0 saturated carbocycles. The molecule has 0 aliphatic heterocycles. The van der Waals surface area contributed by atoms with Gasteiger partial charge in [0.25, 0.3) is 5.91 Å². The van der Waals surface area contributed by atoms with Crippen molar-refractivity contribution in [2.45, 2.75) is 26.3 Å². The van der Waals surface area contributed by atoms with Gasteiger partial charge in [0.1, 0.15) is 11.5 Å². The summed E-state index contributed by atoms with van der Waals surface area (Å²) in [5.41, 5.74) is 2.06. The summed E-state index contributed by atoms with van der Waals surface area (Å²) in [5.74, 6) is 1.01. The van der Waals surface area contributed by atoms with Gasteiger partial charge in [0.05, 0.1) is 30.7 Å². The van der Waals surface area contributed by atoms with Crippen molar-refractivity contribution in [3.05, 3.63) is 83.8 Å². The van der Waals surface area contributed by atoms with Crippen LogP contribution in [-0.4, -0.2) is 18.4 Å². The summed E-state index contributed by atoms with van der Waals surface area (Å²) < 4.78 is 10.8. The Labute approximate surface area is 169 Å². The molecule has 0 aliphatic rings. The number of hydrogen-bond donors (Lipinski definition) is 2. The van der Waals surface area contributed by atoms with Crippen molar-refractivity contribution in [1.82, 2.24) is 5.32 Å². The topological polar surface area (TPSA) is 80.6 Å². The van der Waals surface area contributed by atoms with E-state index in [4.69, 9.17) is 9.15 Å². The minimum absolute atomic E-state index is 0.163. The molecule has 1 heterocycles. The second kappa shape index (κ2) is 10.1. The zero-order chi connectivity index (χ0) is 20.5. The van der Waals surface area contributed by atoms with Crippen molar-refractivity contribution >= 4 is 17.5 Å². The molecule has 3 rings (SSSR count). The molecule has 29 heavy (non-hydrogen) atoms. The highest BCUT2D eigenvalue weighted by atomic mass is 16.5. The highest BCUT2D eigenvalue weighted by Gasteiger charge is 2.13. The molecule has 3 aromatic rings. The van der Waals surface area contributed by atoms with Crippen LogP contribution in [0.2, 0.25) is 0 Å². The third-order valence-electron chi connectivity index (χ3n) is 4.29. The summed E-state index contributed by atoms with van der Waals surface area (Å²) >= 11 is 0. The third kappa shape index (κ3) is 6.24. The van der Waals surface area contributed by atoms with Gasteiger partial charge in [0.15, 0.2) is 0 Å². The molecule has 2 aromatic carbocycles. The molecule has 0 bridgehead atoms. The molecule has 150 valence electrons. The fraction of sp³-hybridized carbons (Fsp3) is 0.217. The van der Waals surface area contributed by atoms with Gasteiger partial charge in [0.2, 0.25) is 5.91 Å². The van der Waals surface area contributed by atoms with Crippen LogP contribution in [0.5, 0.6) is 5.75 Å². The van der Waals surface area contributed by atoms with Crippen LogP contribution in [0.4, 0.5) is 5.69 Å². The number of aryl methyl sites for hydroxylation is 1. The van der Waals surface area contributed by atoms with Crippen molar-refractivity contribution in [3.63, 3.8) is 0 Å². The Morgan fingerprint density at radius 3 is 2.55 bits per heavy atom. The average molecular weight is 392 g/mol. The summed E-state index contributed by atoms with van der Waals surface area (Å²) in [6, 6.07) is 18.2. The normalized spacial score (nSPS) is 10.4. The van der Waals surface area contributed by atoms with Crippen LogP contribution >= 0.6 is 0 Å². The lowest BCUT2D eigenvalue weighted by atomic mass is 10.1. The van der Waals surface area contributed by atoms with E-state index in [0.29, 0.717) is 36.5 Å². The van der Waals surface area contributed by atoms with Crippen LogP contribution in [0.25, 0.3) is 0 Å². The zero-order valence-electron chi connectivity index (χ0n) is 16.3. The van der Waals surface area contributed by atoms with Crippen molar-refractivity contribution in [1.29, 1.82) is 0 Å². The summed E-state index contributed by atoms with van der Waals surface area (Å²) in [5, 5.41) is 5.60. The second-order valence-corrected chi connectivity index (χ2v) is 6.62. The van der Waals surface area contributed by atoms with E-state index in [1.54, 1.807) is 42.7 Å². The van der Waals surface area contributed by atoms with Gasteiger partial charge >= 0.3 is 0 Å². The first kappa shape index (κ1) is 20.2. The maximum atomic E-state index is 12.5. The number of furan rings is 1. The Morgan fingerprint density at radius 2 is 1.79 bits per heavy atom. The van der Waals surface area contributed by atoms with Crippen LogP contribution in [0.3, 0.4) is 0 Å². The van der Waals surface area contributed by atoms with Crippen molar-refractivity contribution in [2.75, 3.05) is 11.9 Å². The van der Waals surface area contributed by atoms with E-state index >= 15 is 0 Å². The molecular formula is C23H24N2O4. The largest absolute Gasteiger partial charge is 0.494 e. The lowest BCUT2D eigenvalue weighted by Gasteiger charge is -2.11. The fourth-order valence-electron chi connectivity index (χ4n) is 2.74. The van der Waals surface area contributed by atoms with Crippen LogP contribution in [0.15, 0.2) is 71.3 Å². The SMILES string of the molecule is Cc1ccc(OCCCC(=O)Nc2ccccc2C(=O)NCc2ccco2)cc1. The molecule has 0 atom stereocenters. The van der Waals surface area contributed by atoms with Crippen LogP contribution < -0.4 is 15.4 Å². The number of benzene rings is 2. The first-order valence-electron chi connectivity index (χ1n) is 9.51. The van der Waals surface area contributed by atoms with Gasteiger partial charge in [-0.1, -0.05) is 29.8 Å². The lowest BCUT2D eigenvalue weighted by molar-refractivity contribution is -0.116. The molecule has 2 amide bonds. The van der Waals surface area contributed by atoms with Crippen molar-refractivity contribution in [2.24, 2.45) is 0 Å². The molecule has 0 fully saturated rings. The predicted octanol–water partition coefficient (Wildman–Crippen LogP) is 4.32. The molecular weight excluding hydrogens is 368 g/mol. The van der Waals surface area contributed by atoms with Crippen LogP contribution in [0, 0.1) is 6.92 Å². The minimum Gasteiger partial charge on any atom is -0.494 e. The highest BCUT2D eigenvalue weighted by Crippen LogP contribution is 2.16. The summed E-state index contributed by atoms with van der Waals surface area (Å²) in [6.45, 7) is 2.75. The van der Waals surface area contributed by atoms with Crippen molar-refractivity contribution < 1.29 is 18.7 Å². The molecule has 0 radical (unpaired) electrons. The summed E-state index contributed by atoms with van der Waals surface area (Å²) in [7, 11) is 0. The van der Waals surface area contributed by atoms with Gasteiger partial charge in [-0.25, -0.2) is 0 Å². The molecule has 0 saturated heterocycles. The average Bonchev–Trinajstić information content (AvgIpc) is 3.25. The molecule has 0 aliphatic carbocycles. The number of rotatable bonds is 9. The number of amides is 2. The van der Waals surface area contributed by atoms with E-state index in [2.05, 4.69) is 10.6 Å². The Kier molecular flexibility index (Phi) is 7.05. The van der Waals surface area contributed by atoms with E-state index < -0.39 is 0 Å². The number of carbonyl (C=O) groups is 2. The van der Waals surface area contributed by atoms with E-state index in [1.807, 2.05) is 31.2 Å². The van der Waals surface area contributed by atoms with Crippen LogP contribution in [0.1, 0.15) is 34.5 Å². The fourth-order valence-corrected chi connectivity index (χ4v) is 2.74. The van der Waals surface area contributed by atoms with Crippen molar-refractivity contribution in [3.8, 4) is 5.75 Å². The summed E-state index contributed by atoms with van der Waals surface area (Å²) in [6.07, 6.45) is 2.43. The van der Waals surface area contributed by atoms with Gasteiger partial charge in [-0.15, -0.1) is 0 Å². The number of carbonyl (C=O) groups excluding carboxylic acids is 2. The molecule has 2 N–H and O–H groups in total. The van der Waals surface area contributed by atoms with Gasteiger partial charge in [-0.3, -0.25) is 9.59 Å². The predicted molar refractivity (Wildman–Crippen MR) is 111 cm³/mol. The Hall–Kier alpha value is -3.54. The molecule has 6 heteroatoms. The Morgan fingerprint density at radius 1 is 1.00 bits per heavy atom. The van der Waals surface area contributed by atoms with Gasteiger partial charge in [0, 0.05) is 6.42 Å². The number of ether oxygens (including phenoxy) is 1. The Bertz CT molecular complexity index is 934. The molecule has 6 nitrogen and oxygen atoms in total. The zero-order valence-corrected chi connectivity index (χ0v) is 16.3. The molecule has 0 spiro atoms. The number of hydrogen-bond acceptors (Lipinski definition) is 4. The van der Waals surface area contributed by atoms with Gasteiger partial charge in [-0.05, 0) is 49.7 Å². The lowest BCUT2D eigenvalue weighted by Crippen LogP contribution is -2.24. The van der Waals surface area contributed by atoms with E-state index in [9.17, 15) is 9.59 Å². The first-order chi connectivity index (χ1) is 14.1. The standard InChI is InChI=1S/C23H24N2O4/c1-17-10-12-18(13-11-17)28-15-5-9-22(26)25-21-8-3-2-7-20(21)23(27)24-16-19-6-4-14-29-19/h2-4,6-8,10-14H,5,9,15-16H2,1H3,(H,24,27)(H,25,26). The quantitative estimate of drug-likeness (QED) is 0.532. The smallest absolute Gasteiger partial charge is 0.253 e. The van der Waals surface area contributed by atoms with E-state index in [0.717, 1.165) is 5.75 Å². The maximum Gasteiger partial charge on any atom is 0.253 e. The van der Waals surface area contributed by atoms with Crippen LogP contribution in [-0.2, 0) is 11.3 Å². The second-order valence-electron chi connectivity index (χ2n) is 6.62. The maximum absolute atomic E-state index is 12.5. The number of anilines is 1. The van der Waals surface area contributed by atoms with Gasteiger partial charge in [-0.2, -0.15) is 0 Å². The first-order valence-corrected chi connectivity index (χ1v) is 9.51. The molecule has 1 aromatic heterocycles. The highest BCUT2D eigenvalue weighted by molar-refractivity contribution is 6.03.